The number of carbonyl (C=O) groups is 1. The molecule has 0 saturated heterocycles. The zero-order valence-electron chi connectivity index (χ0n) is 11.0. The monoisotopic (exact) mass is 324 g/mol. The van der Waals surface area contributed by atoms with Gasteiger partial charge in [0.2, 0.25) is 0 Å². The van der Waals surface area contributed by atoms with E-state index in [4.69, 9.17) is 23.2 Å². The summed E-state index contributed by atoms with van der Waals surface area (Å²) in [6, 6.07) is 3.06. The minimum atomic E-state index is -0.237. The molecule has 2 aromatic rings. The Morgan fingerprint density at radius 3 is 2.48 bits per heavy atom. The highest BCUT2D eigenvalue weighted by Gasteiger charge is 2.29. The lowest BCUT2D eigenvalue weighted by Gasteiger charge is -2.21. The van der Waals surface area contributed by atoms with E-state index in [9.17, 15) is 4.79 Å². The summed E-state index contributed by atoms with van der Waals surface area (Å²) in [6.45, 7) is 2.48. The Morgan fingerprint density at radius 2 is 1.76 bits per heavy atom. The summed E-state index contributed by atoms with van der Waals surface area (Å²) in [5, 5.41) is 18.7. The van der Waals surface area contributed by atoms with Crippen LogP contribution in [0.25, 0.3) is 0 Å². The number of anilines is 3. The van der Waals surface area contributed by atoms with Crippen LogP contribution in [0, 0.1) is 0 Å². The van der Waals surface area contributed by atoms with E-state index in [0.717, 1.165) is 6.42 Å². The summed E-state index contributed by atoms with van der Waals surface area (Å²) in [4.78, 5) is 14.3. The number of hydrogen-bond acceptors (Lipinski definition) is 6. The second-order valence-electron chi connectivity index (χ2n) is 4.41. The summed E-state index contributed by atoms with van der Waals surface area (Å²) in [5.41, 5.74) is 0.883. The minimum absolute atomic E-state index is 0.149. The molecule has 9 heteroatoms. The summed E-state index contributed by atoms with van der Waals surface area (Å²) in [6.07, 6.45) is 0.771. The molecule has 1 amide bonds. The maximum Gasteiger partial charge on any atom is 0.262 e. The first kappa shape index (κ1) is 14.0. The fraction of sp³-hybridized carbons (Fsp3) is 0.250. The van der Waals surface area contributed by atoms with Crippen molar-refractivity contribution in [2.45, 2.75) is 13.3 Å². The van der Waals surface area contributed by atoms with Gasteiger partial charge >= 0.3 is 0 Å². The third kappa shape index (κ3) is 2.50. The maximum absolute atomic E-state index is 12.7. The second-order valence-corrected chi connectivity index (χ2v) is 5.19. The summed E-state index contributed by atoms with van der Waals surface area (Å²) < 4.78 is 0. The lowest BCUT2D eigenvalue weighted by molar-refractivity contribution is 0.0988. The molecule has 0 bridgehead atoms. The van der Waals surface area contributed by atoms with Crippen molar-refractivity contribution < 1.29 is 4.79 Å². The topological polar surface area (TPSA) is 83.9 Å². The molecular weight excluding hydrogens is 315 g/mol. The average Bonchev–Trinajstić information content (AvgIpc) is 2.57. The molecule has 3 heterocycles. The first-order valence-corrected chi connectivity index (χ1v) is 7.01. The predicted octanol–water partition coefficient (Wildman–Crippen LogP) is 2.69. The van der Waals surface area contributed by atoms with Gasteiger partial charge in [-0.2, -0.15) is 0 Å². The van der Waals surface area contributed by atoms with Crippen molar-refractivity contribution in [2.75, 3.05) is 16.8 Å². The van der Waals surface area contributed by atoms with Crippen molar-refractivity contribution in [3.05, 3.63) is 28.0 Å². The number of hydrogen-bond donors (Lipinski definition) is 1. The van der Waals surface area contributed by atoms with Gasteiger partial charge in [-0.05, 0) is 12.5 Å². The van der Waals surface area contributed by atoms with Gasteiger partial charge in [-0.3, -0.25) is 4.79 Å². The molecule has 1 aliphatic rings. The molecule has 0 spiro atoms. The first-order valence-electron chi connectivity index (χ1n) is 6.25. The number of halogens is 2. The van der Waals surface area contributed by atoms with Crippen LogP contribution >= 0.6 is 23.2 Å². The van der Waals surface area contributed by atoms with Gasteiger partial charge in [-0.25, -0.2) is 0 Å². The smallest absolute Gasteiger partial charge is 0.262 e. The molecular formula is C12H10Cl2N6O. The molecule has 0 aromatic carbocycles. The average molecular weight is 325 g/mol. The molecule has 0 unspecified atom stereocenters. The van der Waals surface area contributed by atoms with E-state index >= 15 is 0 Å². The number of carbonyl (C=O) groups excluding carboxylic acids is 1. The molecule has 7 nitrogen and oxygen atoms in total. The molecule has 1 N–H and O–H groups in total. The van der Waals surface area contributed by atoms with E-state index in [1.807, 2.05) is 6.92 Å². The van der Waals surface area contributed by atoms with Crippen molar-refractivity contribution in [3.8, 4) is 0 Å². The Bertz CT molecular complexity index is 723. The van der Waals surface area contributed by atoms with E-state index in [-0.39, 0.29) is 16.2 Å². The predicted molar refractivity (Wildman–Crippen MR) is 79.3 cm³/mol. The van der Waals surface area contributed by atoms with Crippen LogP contribution in [0.2, 0.25) is 10.3 Å². The maximum atomic E-state index is 12.7. The van der Waals surface area contributed by atoms with Crippen molar-refractivity contribution in [3.63, 3.8) is 0 Å². The van der Waals surface area contributed by atoms with Gasteiger partial charge in [0.1, 0.15) is 0 Å². The van der Waals surface area contributed by atoms with Crippen LogP contribution in [-0.4, -0.2) is 32.8 Å². The number of amides is 1. The minimum Gasteiger partial charge on any atom is -0.320 e. The fourth-order valence-electron chi connectivity index (χ4n) is 2.09. The van der Waals surface area contributed by atoms with Gasteiger partial charge in [0, 0.05) is 12.6 Å². The zero-order valence-corrected chi connectivity index (χ0v) is 12.5. The van der Waals surface area contributed by atoms with E-state index in [2.05, 4.69) is 25.7 Å². The van der Waals surface area contributed by atoms with E-state index in [0.29, 0.717) is 29.4 Å². The highest BCUT2D eigenvalue weighted by molar-refractivity contribution is 6.30. The van der Waals surface area contributed by atoms with Crippen LogP contribution in [0.5, 0.6) is 0 Å². The quantitative estimate of drug-likeness (QED) is 0.914. The van der Waals surface area contributed by atoms with Crippen LogP contribution in [-0.2, 0) is 0 Å². The van der Waals surface area contributed by atoms with E-state index < -0.39 is 0 Å². The summed E-state index contributed by atoms with van der Waals surface area (Å²) in [7, 11) is 0. The van der Waals surface area contributed by atoms with Crippen molar-refractivity contribution in [2.24, 2.45) is 0 Å². The zero-order chi connectivity index (χ0) is 15.0. The Labute approximate surface area is 130 Å². The number of nitrogens with zero attached hydrogens (tertiary/aromatic N) is 5. The lowest BCUT2D eigenvalue weighted by Crippen LogP contribution is -2.31. The fourth-order valence-corrected chi connectivity index (χ4v) is 2.38. The summed E-state index contributed by atoms with van der Waals surface area (Å²) >= 11 is 11.7. The molecule has 0 fully saturated rings. The van der Waals surface area contributed by atoms with Gasteiger partial charge in [-0.1, -0.05) is 30.1 Å². The third-order valence-corrected chi connectivity index (χ3v) is 3.33. The van der Waals surface area contributed by atoms with Gasteiger partial charge in [0.15, 0.2) is 21.9 Å². The molecule has 0 saturated carbocycles. The Kier molecular flexibility index (Phi) is 3.60. The highest BCUT2D eigenvalue weighted by Crippen LogP contribution is 2.34. The molecule has 21 heavy (non-hydrogen) atoms. The highest BCUT2D eigenvalue weighted by atomic mass is 35.5. The van der Waals surface area contributed by atoms with Crippen molar-refractivity contribution in [1.82, 2.24) is 20.4 Å². The molecule has 2 aromatic heterocycles. The first-order chi connectivity index (χ1) is 10.1. The number of aromatic nitrogens is 4. The van der Waals surface area contributed by atoms with Gasteiger partial charge in [0.05, 0.1) is 11.3 Å². The molecule has 1 aliphatic heterocycles. The van der Waals surface area contributed by atoms with E-state index in [1.54, 1.807) is 11.0 Å². The van der Waals surface area contributed by atoms with Crippen LogP contribution in [0.4, 0.5) is 17.3 Å². The molecule has 3 rings (SSSR count). The number of rotatable bonds is 2. The SMILES string of the molecule is CCCN1C(=O)c2cc(Cl)nnc2Nc2nnc(Cl)cc21. The second kappa shape index (κ2) is 5.42. The summed E-state index contributed by atoms with van der Waals surface area (Å²) in [5.74, 6) is 0.455. The largest absolute Gasteiger partial charge is 0.320 e. The third-order valence-electron chi connectivity index (χ3n) is 2.96. The lowest BCUT2D eigenvalue weighted by atomic mass is 10.2. The standard InChI is InChI=1S/C12H10Cl2N6O/c1-2-3-20-7-5-9(14)17-19-11(7)15-10-6(12(20)21)4-8(13)16-18-10/h4-5H,2-3H2,1H3,(H,15,18,19). The van der Waals surface area contributed by atoms with Gasteiger partial charge < -0.3 is 10.2 Å². The van der Waals surface area contributed by atoms with Crippen molar-refractivity contribution >= 4 is 46.4 Å². The van der Waals surface area contributed by atoms with E-state index in [1.165, 1.54) is 6.07 Å². The van der Waals surface area contributed by atoms with Crippen LogP contribution in [0.3, 0.4) is 0 Å². The Balaban J connectivity index is 2.20. The molecule has 0 radical (unpaired) electrons. The Hall–Kier alpha value is -1.99. The Morgan fingerprint density at radius 1 is 1.10 bits per heavy atom. The van der Waals surface area contributed by atoms with Gasteiger partial charge in [0.25, 0.3) is 5.91 Å². The van der Waals surface area contributed by atoms with Crippen molar-refractivity contribution in [1.29, 1.82) is 0 Å². The van der Waals surface area contributed by atoms with Gasteiger partial charge in [-0.15, -0.1) is 20.4 Å². The molecule has 0 atom stereocenters. The van der Waals surface area contributed by atoms with Crippen LogP contribution in [0.1, 0.15) is 23.7 Å². The van der Waals surface area contributed by atoms with Crippen LogP contribution in [0.15, 0.2) is 12.1 Å². The molecule has 108 valence electrons. The van der Waals surface area contributed by atoms with Crippen LogP contribution < -0.4 is 10.2 Å². The normalized spacial score (nSPS) is 13.3. The number of nitrogens with one attached hydrogen (secondary N) is 1. The number of fused-ring (bicyclic) bond motifs is 2. The molecule has 0 aliphatic carbocycles.